The van der Waals surface area contributed by atoms with Crippen LogP contribution in [0.25, 0.3) is 10.9 Å². The van der Waals surface area contributed by atoms with Crippen LogP contribution in [0.2, 0.25) is 0 Å². The molecular weight excluding hydrogens is 350 g/mol. The summed E-state index contributed by atoms with van der Waals surface area (Å²) in [6.45, 7) is 3.22. The Hall–Kier alpha value is -1.89. The van der Waals surface area contributed by atoms with E-state index in [1.165, 1.54) is 0 Å². The van der Waals surface area contributed by atoms with E-state index in [0.29, 0.717) is 24.0 Å². The lowest BCUT2D eigenvalue weighted by Gasteiger charge is -2.25. The van der Waals surface area contributed by atoms with Crippen LogP contribution < -0.4 is 10.3 Å². The van der Waals surface area contributed by atoms with Gasteiger partial charge in [-0.3, -0.25) is 9.78 Å². The predicted octanol–water partition coefficient (Wildman–Crippen LogP) is 2.98. The van der Waals surface area contributed by atoms with Gasteiger partial charge in [0.2, 0.25) is 0 Å². The van der Waals surface area contributed by atoms with Gasteiger partial charge in [0.25, 0.3) is 5.56 Å². The topological polar surface area (TPSA) is 75.3 Å². The minimum absolute atomic E-state index is 0.0569. The first-order chi connectivity index (χ1) is 10.5. The van der Waals surface area contributed by atoms with Gasteiger partial charge in [0.15, 0.2) is 0 Å². The van der Waals surface area contributed by atoms with Gasteiger partial charge in [-0.2, -0.15) is 4.98 Å². The second-order valence-electron chi connectivity index (χ2n) is 5.41. The number of aromatic amines is 1. The van der Waals surface area contributed by atoms with Crippen molar-refractivity contribution < 1.29 is 9.53 Å². The number of carbonyl (C=O) groups excluding carboxylic acids is 1. The van der Waals surface area contributed by atoms with E-state index in [9.17, 15) is 9.59 Å². The fourth-order valence-corrected chi connectivity index (χ4v) is 3.20. The van der Waals surface area contributed by atoms with Crippen molar-refractivity contribution in [1.29, 1.82) is 0 Å². The number of rotatable bonds is 1. The van der Waals surface area contributed by atoms with Gasteiger partial charge in [-0.25, -0.2) is 4.79 Å². The SMILES string of the molecule is Cc1cc(Br)cc2c(=O)[nH]c(OC(=O)N3CCCCC3)nc12. The predicted molar refractivity (Wildman–Crippen MR) is 86.2 cm³/mol. The van der Waals surface area contributed by atoms with Crippen molar-refractivity contribution in [2.75, 3.05) is 13.1 Å². The van der Waals surface area contributed by atoms with Crippen molar-refractivity contribution in [3.05, 3.63) is 32.5 Å². The van der Waals surface area contributed by atoms with Gasteiger partial charge < -0.3 is 9.64 Å². The van der Waals surface area contributed by atoms with Gasteiger partial charge in [0.1, 0.15) is 0 Å². The molecule has 1 N–H and O–H groups in total. The van der Waals surface area contributed by atoms with E-state index >= 15 is 0 Å². The zero-order valence-corrected chi connectivity index (χ0v) is 13.8. The molecule has 0 aliphatic carbocycles. The third-order valence-electron chi connectivity index (χ3n) is 3.74. The maximum absolute atomic E-state index is 12.1. The molecule has 1 fully saturated rings. The molecule has 0 atom stereocenters. The molecule has 1 aromatic heterocycles. The van der Waals surface area contributed by atoms with Gasteiger partial charge in [0.05, 0.1) is 10.9 Å². The first-order valence-electron chi connectivity index (χ1n) is 7.21. The lowest BCUT2D eigenvalue weighted by molar-refractivity contribution is 0.139. The molecule has 6 nitrogen and oxygen atoms in total. The van der Waals surface area contributed by atoms with Crippen molar-refractivity contribution in [2.45, 2.75) is 26.2 Å². The van der Waals surface area contributed by atoms with Gasteiger partial charge in [-0.05, 0) is 43.9 Å². The molecule has 1 aliphatic rings. The van der Waals surface area contributed by atoms with Crippen LogP contribution in [0.1, 0.15) is 24.8 Å². The molecule has 1 saturated heterocycles. The van der Waals surface area contributed by atoms with Crippen LogP contribution in [-0.4, -0.2) is 34.1 Å². The van der Waals surface area contributed by atoms with E-state index in [1.54, 1.807) is 11.0 Å². The van der Waals surface area contributed by atoms with E-state index in [0.717, 1.165) is 29.3 Å². The number of likely N-dealkylation sites (tertiary alicyclic amines) is 1. The zero-order valence-electron chi connectivity index (χ0n) is 12.2. The maximum Gasteiger partial charge on any atom is 0.417 e. The standard InChI is InChI=1S/C15H16BrN3O3/c1-9-7-10(16)8-11-12(9)17-14(18-13(11)20)22-15(21)19-5-3-2-4-6-19/h7-8H,2-6H2,1H3,(H,17,18,20). The highest BCUT2D eigenvalue weighted by Crippen LogP contribution is 2.21. The van der Waals surface area contributed by atoms with Crippen LogP contribution in [0.3, 0.4) is 0 Å². The number of benzene rings is 1. The minimum Gasteiger partial charge on any atom is -0.375 e. The number of ether oxygens (including phenoxy) is 1. The van der Waals surface area contributed by atoms with Gasteiger partial charge >= 0.3 is 12.1 Å². The van der Waals surface area contributed by atoms with Crippen molar-refractivity contribution in [2.24, 2.45) is 0 Å². The first-order valence-corrected chi connectivity index (χ1v) is 8.01. The van der Waals surface area contributed by atoms with Crippen LogP contribution in [0.15, 0.2) is 21.4 Å². The second kappa shape index (κ2) is 6.08. The van der Waals surface area contributed by atoms with E-state index in [1.807, 2.05) is 13.0 Å². The Labute approximate surface area is 135 Å². The van der Waals surface area contributed by atoms with Crippen molar-refractivity contribution in [3.63, 3.8) is 0 Å². The van der Waals surface area contributed by atoms with Crippen molar-refractivity contribution in [3.8, 4) is 6.01 Å². The molecule has 0 unspecified atom stereocenters. The first kappa shape index (κ1) is 15.0. The molecule has 116 valence electrons. The molecule has 1 amide bonds. The third kappa shape index (κ3) is 2.99. The highest BCUT2D eigenvalue weighted by Gasteiger charge is 2.20. The largest absolute Gasteiger partial charge is 0.417 e. The third-order valence-corrected chi connectivity index (χ3v) is 4.20. The molecule has 0 saturated carbocycles. The highest BCUT2D eigenvalue weighted by atomic mass is 79.9. The molecule has 1 aromatic carbocycles. The summed E-state index contributed by atoms with van der Waals surface area (Å²) >= 11 is 3.36. The molecule has 3 rings (SSSR count). The van der Waals surface area contributed by atoms with Gasteiger partial charge in [0, 0.05) is 17.6 Å². The average Bonchev–Trinajstić information content (AvgIpc) is 2.49. The second-order valence-corrected chi connectivity index (χ2v) is 6.32. The molecule has 1 aliphatic heterocycles. The molecule has 7 heteroatoms. The van der Waals surface area contributed by atoms with E-state index in [-0.39, 0.29) is 11.6 Å². The normalized spacial score (nSPS) is 15.1. The van der Waals surface area contributed by atoms with Gasteiger partial charge in [-0.15, -0.1) is 0 Å². The Morgan fingerprint density at radius 3 is 2.77 bits per heavy atom. The molecule has 0 spiro atoms. The monoisotopic (exact) mass is 365 g/mol. The number of aromatic nitrogens is 2. The number of amides is 1. The van der Waals surface area contributed by atoms with Crippen LogP contribution in [0.4, 0.5) is 4.79 Å². The highest BCUT2D eigenvalue weighted by molar-refractivity contribution is 9.10. The number of halogens is 1. The number of H-pyrrole nitrogens is 1. The zero-order chi connectivity index (χ0) is 15.7. The fraction of sp³-hybridized carbons (Fsp3) is 0.400. The maximum atomic E-state index is 12.1. The molecule has 2 aromatic rings. The quantitative estimate of drug-likeness (QED) is 0.842. The summed E-state index contributed by atoms with van der Waals surface area (Å²) in [5.41, 5.74) is 1.05. The molecule has 22 heavy (non-hydrogen) atoms. The summed E-state index contributed by atoms with van der Waals surface area (Å²) in [6, 6.07) is 3.51. The Balaban J connectivity index is 1.91. The average molecular weight is 366 g/mol. The van der Waals surface area contributed by atoms with Gasteiger partial charge in [-0.1, -0.05) is 15.9 Å². The smallest absolute Gasteiger partial charge is 0.375 e. The summed E-state index contributed by atoms with van der Waals surface area (Å²) in [5.74, 6) is 0. The van der Waals surface area contributed by atoms with E-state index in [2.05, 4.69) is 25.9 Å². The molecule has 0 bridgehead atoms. The minimum atomic E-state index is -0.461. The summed E-state index contributed by atoms with van der Waals surface area (Å²) < 4.78 is 6.04. The number of carbonyl (C=O) groups is 1. The lowest BCUT2D eigenvalue weighted by atomic mass is 10.1. The van der Waals surface area contributed by atoms with E-state index in [4.69, 9.17) is 4.74 Å². The number of nitrogens with one attached hydrogen (secondary N) is 1. The number of hydrogen-bond acceptors (Lipinski definition) is 4. The number of hydrogen-bond donors (Lipinski definition) is 1. The fourth-order valence-electron chi connectivity index (χ4n) is 2.62. The summed E-state index contributed by atoms with van der Waals surface area (Å²) in [5, 5.41) is 0.463. The molecular formula is C15H16BrN3O3. The Kier molecular flexibility index (Phi) is 4.15. The Morgan fingerprint density at radius 2 is 2.05 bits per heavy atom. The van der Waals surface area contributed by atoms with Crippen LogP contribution >= 0.6 is 15.9 Å². The molecule has 0 radical (unpaired) electrons. The van der Waals surface area contributed by atoms with Crippen molar-refractivity contribution >= 4 is 32.9 Å². The summed E-state index contributed by atoms with van der Waals surface area (Å²) in [6.07, 6.45) is 2.62. The van der Waals surface area contributed by atoms with Crippen LogP contribution in [0, 0.1) is 6.92 Å². The van der Waals surface area contributed by atoms with E-state index < -0.39 is 6.09 Å². The number of nitrogens with zero attached hydrogens (tertiary/aromatic N) is 2. The lowest BCUT2D eigenvalue weighted by Crippen LogP contribution is -2.38. The Bertz CT molecular complexity index is 781. The molecule has 2 heterocycles. The summed E-state index contributed by atoms with van der Waals surface area (Å²) in [4.78, 5) is 32.7. The van der Waals surface area contributed by atoms with Crippen molar-refractivity contribution in [1.82, 2.24) is 14.9 Å². The Morgan fingerprint density at radius 1 is 1.32 bits per heavy atom. The summed E-state index contributed by atoms with van der Waals surface area (Å²) in [7, 11) is 0. The number of piperidine rings is 1. The number of fused-ring (bicyclic) bond motifs is 1. The van der Waals surface area contributed by atoms with Crippen LogP contribution in [-0.2, 0) is 0 Å². The van der Waals surface area contributed by atoms with Crippen LogP contribution in [0.5, 0.6) is 6.01 Å². The number of aryl methyl sites for hydroxylation is 1.